The number of hydrogen-bond acceptors (Lipinski definition) is 4. The maximum Gasteiger partial charge on any atom is 0.256 e. The summed E-state index contributed by atoms with van der Waals surface area (Å²) >= 11 is 0. The molecule has 29 heavy (non-hydrogen) atoms. The summed E-state index contributed by atoms with van der Waals surface area (Å²) in [6.07, 6.45) is 0. The van der Waals surface area contributed by atoms with Gasteiger partial charge in [-0.25, -0.2) is 0 Å². The predicted octanol–water partition coefficient (Wildman–Crippen LogP) is 1.52. The Morgan fingerprint density at radius 3 is 2.55 bits per heavy atom. The van der Waals surface area contributed by atoms with E-state index in [1.54, 1.807) is 20.8 Å². The van der Waals surface area contributed by atoms with E-state index in [9.17, 15) is 14.4 Å². The first-order valence-electron chi connectivity index (χ1n) is 9.68. The summed E-state index contributed by atoms with van der Waals surface area (Å²) in [6.45, 7) is 1.26. The first-order valence-corrected chi connectivity index (χ1v) is 9.68. The van der Waals surface area contributed by atoms with E-state index in [2.05, 4.69) is 5.32 Å². The highest BCUT2D eigenvalue weighted by atomic mass is 16.2. The Hall–Kier alpha value is -3.19. The van der Waals surface area contributed by atoms with Crippen molar-refractivity contribution in [1.82, 2.24) is 14.7 Å². The summed E-state index contributed by atoms with van der Waals surface area (Å²) in [5.74, 6) is -0.476. The van der Waals surface area contributed by atoms with E-state index in [-0.39, 0.29) is 30.8 Å². The third-order valence-corrected chi connectivity index (χ3v) is 5.36. The molecule has 2 heterocycles. The quantitative estimate of drug-likeness (QED) is 0.860. The fourth-order valence-electron chi connectivity index (χ4n) is 3.86. The first-order chi connectivity index (χ1) is 13.9. The van der Waals surface area contributed by atoms with E-state index in [0.29, 0.717) is 24.3 Å². The summed E-state index contributed by atoms with van der Waals surface area (Å²) in [6, 6.07) is 14.6. The molecule has 150 valence electrons. The van der Waals surface area contributed by atoms with Gasteiger partial charge in [0.25, 0.3) is 5.91 Å². The van der Waals surface area contributed by atoms with E-state index < -0.39 is 6.04 Å². The van der Waals surface area contributed by atoms with E-state index in [4.69, 9.17) is 0 Å². The molecule has 1 unspecified atom stereocenters. The largest absolute Gasteiger partial charge is 0.337 e. The normalized spacial score (nSPS) is 18.8. The molecule has 3 amide bonds. The zero-order valence-corrected chi connectivity index (χ0v) is 16.6. The van der Waals surface area contributed by atoms with Crippen molar-refractivity contribution in [2.45, 2.75) is 6.04 Å². The van der Waals surface area contributed by atoms with Crippen molar-refractivity contribution >= 4 is 23.4 Å². The van der Waals surface area contributed by atoms with Crippen LogP contribution in [-0.2, 0) is 9.59 Å². The maximum absolute atomic E-state index is 13.3. The molecule has 0 bridgehead atoms. The average molecular weight is 392 g/mol. The number of nitrogens with zero attached hydrogens (tertiary/aromatic N) is 3. The maximum atomic E-state index is 13.3. The third-order valence-electron chi connectivity index (χ3n) is 5.36. The molecular formula is C22H24N4O3. The van der Waals surface area contributed by atoms with Gasteiger partial charge in [0.1, 0.15) is 6.04 Å². The van der Waals surface area contributed by atoms with Gasteiger partial charge < -0.3 is 20.0 Å². The highest BCUT2D eigenvalue weighted by molar-refractivity contribution is 6.10. The zero-order valence-electron chi connectivity index (χ0n) is 16.6. The van der Waals surface area contributed by atoms with Gasteiger partial charge in [0.15, 0.2) is 0 Å². The smallest absolute Gasteiger partial charge is 0.256 e. The highest BCUT2D eigenvalue weighted by Gasteiger charge is 2.40. The fourth-order valence-corrected chi connectivity index (χ4v) is 3.86. The lowest BCUT2D eigenvalue weighted by Crippen LogP contribution is -2.60. The Morgan fingerprint density at radius 2 is 1.83 bits per heavy atom. The summed E-state index contributed by atoms with van der Waals surface area (Å²) in [7, 11) is 3.66. The number of carbonyl (C=O) groups excluding carboxylic acids is 3. The Labute approximate surface area is 169 Å². The van der Waals surface area contributed by atoms with Crippen LogP contribution < -0.4 is 5.32 Å². The SMILES string of the molecule is CN(C)CC(=O)N1CCN2C(=O)c3cc(-c4ccccc4)ccc3NC(=O)C2C1. The number of rotatable bonds is 3. The second-order valence-electron chi connectivity index (χ2n) is 7.71. The molecule has 0 saturated carbocycles. The van der Waals surface area contributed by atoms with Gasteiger partial charge in [-0.15, -0.1) is 0 Å². The fraction of sp³-hybridized carbons (Fsp3) is 0.318. The van der Waals surface area contributed by atoms with Gasteiger partial charge in [0.2, 0.25) is 11.8 Å². The molecule has 7 heteroatoms. The summed E-state index contributed by atoms with van der Waals surface area (Å²) in [5.41, 5.74) is 2.93. The molecule has 2 aliphatic heterocycles. The van der Waals surface area contributed by atoms with Gasteiger partial charge in [-0.1, -0.05) is 36.4 Å². The number of anilines is 1. The van der Waals surface area contributed by atoms with Crippen molar-refractivity contribution in [2.24, 2.45) is 0 Å². The number of piperazine rings is 1. The molecule has 1 N–H and O–H groups in total. The molecule has 2 aromatic carbocycles. The van der Waals surface area contributed by atoms with Gasteiger partial charge in [-0.3, -0.25) is 14.4 Å². The van der Waals surface area contributed by atoms with E-state index in [1.165, 1.54) is 0 Å². The lowest BCUT2D eigenvalue weighted by atomic mass is 10.0. The van der Waals surface area contributed by atoms with Gasteiger partial charge >= 0.3 is 0 Å². The van der Waals surface area contributed by atoms with Crippen LogP contribution in [0.15, 0.2) is 48.5 Å². The molecular weight excluding hydrogens is 368 g/mol. The van der Waals surface area contributed by atoms with Crippen LogP contribution in [0.4, 0.5) is 5.69 Å². The number of hydrogen-bond donors (Lipinski definition) is 1. The molecule has 0 radical (unpaired) electrons. The minimum Gasteiger partial charge on any atom is -0.337 e. The van der Waals surface area contributed by atoms with E-state index in [0.717, 1.165) is 11.1 Å². The number of carbonyl (C=O) groups is 3. The zero-order chi connectivity index (χ0) is 20.5. The molecule has 1 atom stereocenters. The van der Waals surface area contributed by atoms with Crippen molar-refractivity contribution in [3.8, 4) is 11.1 Å². The van der Waals surface area contributed by atoms with Crippen LogP contribution in [0.1, 0.15) is 10.4 Å². The molecule has 1 fully saturated rings. The average Bonchev–Trinajstić information content (AvgIpc) is 2.82. The minimum atomic E-state index is -0.685. The first kappa shape index (κ1) is 19.1. The second-order valence-corrected chi connectivity index (χ2v) is 7.71. The minimum absolute atomic E-state index is 0.0389. The standard InChI is InChI=1S/C22H24N4O3/c1-24(2)14-20(27)25-10-11-26-19(13-25)21(28)23-18-9-8-16(12-17(18)22(26)29)15-6-4-3-5-7-15/h3-9,12,19H,10-11,13-14H2,1-2H3,(H,23,28). The summed E-state index contributed by atoms with van der Waals surface area (Å²) in [5, 5.41) is 2.88. The number of nitrogens with one attached hydrogen (secondary N) is 1. The number of amides is 3. The van der Waals surface area contributed by atoms with Crippen LogP contribution in [0.3, 0.4) is 0 Å². The van der Waals surface area contributed by atoms with Crippen LogP contribution in [0.2, 0.25) is 0 Å². The van der Waals surface area contributed by atoms with Crippen molar-refractivity contribution in [3.05, 3.63) is 54.1 Å². The van der Waals surface area contributed by atoms with Gasteiger partial charge in [0.05, 0.1) is 24.3 Å². The Morgan fingerprint density at radius 1 is 1.07 bits per heavy atom. The van der Waals surface area contributed by atoms with Crippen LogP contribution in [0, 0.1) is 0 Å². The third kappa shape index (κ3) is 3.73. The topological polar surface area (TPSA) is 73.0 Å². The van der Waals surface area contributed by atoms with Gasteiger partial charge in [-0.2, -0.15) is 0 Å². The van der Waals surface area contributed by atoms with E-state index in [1.807, 2.05) is 56.6 Å². The molecule has 0 aromatic heterocycles. The van der Waals surface area contributed by atoms with Crippen molar-refractivity contribution in [3.63, 3.8) is 0 Å². The Balaban J connectivity index is 1.62. The monoisotopic (exact) mass is 392 g/mol. The van der Waals surface area contributed by atoms with Crippen LogP contribution in [0.5, 0.6) is 0 Å². The van der Waals surface area contributed by atoms with Crippen LogP contribution in [-0.4, -0.2) is 78.7 Å². The summed E-state index contributed by atoms with van der Waals surface area (Å²) < 4.78 is 0. The van der Waals surface area contributed by atoms with Crippen molar-refractivity contribution < 1.29 is 14.4 Å². The van der Waals surface area contributed by atoms with Crippen molar-refractivity contribution in [1.29, 1.82) is 0 Å². The molecule has 0 spiro atoms. The van der Waals surface area contributed by atoms with Crippen molar-refractivity contribution in [2.75, 3.05) is 45.6 Å². The summed E-state index contributed by atoms with van der Waals surface area (Å²) in [4.78, 5) is 43.6. The predicted molar refractivity (Wildman–Crippen MR) is 110 cm³/mol. The Bertz CT molecular complexity index is 958. The van der Waals surface area contributed by atoms with Crippen LogP contribution in [0.25, 0.3) is 11.1 Å². The molecule has 4 rings (SSSR count). The number of benzene rings is 2. The molecule has 7 nitrogen and oxygen atoms in total. The lowest BCUT2D eigenvalue weighted by Gasteiger charge is -2.39. The molecule has 2 aliphatic rings. The number of likely N-dealkylation sites (N-methyl/N-ethyl adjacent to an activating group) is 1. The van der Waals surface area contributed by atoms with Crippen LogP contribution >= 0.6 is 0 Å². The Kier molecular flexibility index (Phi) is 5.07. The number of fused-ring (bicyclic) bond motifs is 2. The second kappa shape index (κ2) is 7.67. The molecule has 2 aromatic rings. The van der Waals surface area contributed by atoms with E-state index >= 15 is 0 Å². The lowest BCUT2D eigenvalue weighted by molar-refractivity contribution is -0.136. The van der Waals surface area contributed by atoms with Gasteiger partial charge in [0, 0.05) is 13.1 Å². The highest BCUT2D eigenvalue weighted by Crippen LogP contribution is 2.30. The molecule has 0 aliphatic carbocycles. The van der Waals surface area contributed by atoms with Gasteiger partial charge in [-0.05, 0) is 37.4 Å². The molecule has 1 saturated heterocycles.